The third-order valence-corrected chi connectivity index (χ3v) is 4.23. The Morgan fingerprint density at radius 3 is 3.00 bits per heavy atom. The molecule has 3 N–H and O–H groups in total. The molecule has 2 atom stereocenters. The third-order valence-electron chi connectivity index (χ3n) is 4.23. The molecule has 2 fully saturated rings. The number of hydrogen-bond acceptors (Lipinski definition) is 3. The molecule has 98 valence electrons. The third kappa shape index (κ3) is 3.42. The summed E-state index contributed by atoms with van der Waals surface area (Å²) in [5.74, 6) is -0.156. The van der Waals surface area contributed by atoms with Gasteiger partial charge in [-0.25, -0.2) is 0 Å². The van der Waals surface area contributed by atoms with E-state index in [-0.39, 0.29) is 5.91 Å². The fourth-order valence-electron chi connectivity index (χ4n) is 3.23. The van der Waals surface area contributed by atoms with E-state index in [9.17, 15) is 4.79 Å². The Balaban J connectivity index is 1.93. The maximum Gasteiger partial charge on any atom is 0.218 e. The quantitative estimate of drug-likeness (QED) is 0.760. The maximum atomic E-state index is 11.1. The van der Waals surface area contributed by atoms with Crippen LogP contribution in [0.2, 0.25) is 0 Å². The lowest BCUT2D eigenvalue weighted by Crippen LogP contribution is -2.47. The average Bonchev–Trinajstić information content (AvgIpc) is 2.67. The molecule has 4 nitrogen and oxygen atoms in total. The number of carbonyl (C=O) groups is 1. The van der Waals surface area contributed by atoms with E-state index in [4.69, 9.17) is 5.73 Å². The molecule has 0 aliphatic carbocycles. The van der Waals surface area contributed by atoms with E-state index in [0.717, 1.165) is 32.6 Å². The summed E-state index contributed by atoms with van der Waals surface area (Å²) >= 11 is 0. The Morgan fingerprint density at radius 2 is 2.35 bits per heavy atom. The summed E-state index contributed by atoms with van der Waals surface area (Å²) in [7, 11) is 0. The van der Waals surface area contributed by atoms with Gasteiger partial charge in [-0.3, -0.25) is 9.69 Å². The zero-order valence-electron chi connectivity index (χ0n) is 10.9. The first-order valence-corrected chi connectivity index (χ1v) is 6.82. The molecule has 0 saturated carbocycles. The van der Waals surface area contributed by atoms with Crippen LogP contribution in [0, 0.1) is 5.41 Å². The number of amides is 1. The van der Waals surface area contributed by atoms with Gasteiger partial charge >= 0.3 is 0 Å². The number of hydrogen-bond donors (Lipinski definition) is 2. The number of nitrogens with zero attached hydrogens (tertiary/aromatic N) is 1. The van der Waals surface area contributed by atoms with Crippen molar-refractivity contribution in [1.29, 1.82) is 0 Å². The Bertz CT molecular complexity index is 274. The molecule has 2 heterocycles. The number of nitrogens with two attached hydrogens (primary N) is 1. The van der Waals surface area contributed by atoms with Crippen LogP contribution in [0.5, 0.6) is 0 Å². The van der Waals surface area contributed by atoms with Crippen molar-refractivity contribution in [3.05, 3.63) is 0 Å². The highest BCUT2D eigenvalue weighted by atomic mass is 16.1. The highest BCUT2D eigenvalue weighted by Gasteiger charge is 2.34. The van der Waals surface area contributed by atoms with Gasteiger partial charge in [-0.05, 0) is 37.8 Å². The molecule has 1 amide bonds. The number of nitrogens with one attached hydrogen (secondary N) is 1. The van der Waals surface area contributed by atoms with Crippen molar-refractivity contribution in [1.82, 2.24) is 10.2 Å². The maximum absolute atomic E-state index is 11.1. The van der Waals surface area contributed by atoms with Crippen LogP contribution in [-0.4, -0.2) is 43.0 Å². The average molecular weight is 239 g/mol. The van der Waals surface area contributed by atoms with Gasteiger partial charge in [-0.2, -0.15) is 0 Å². The molecular weight excluding hydrogens is 214 g/mol. The largest absolute Gasteiger partial charge is 0.370 e. The molecule has 2 unspecified atom stereocenters. The monoisotopic (exact) mass is 239 g/mol. The summed E-state index contributed by atoms with van der Waals surface area (Å²) in [6, 6.07) is 0.388. The fraction of sp³-hybridized carbons (Fsp3) is 0.923. The minimum atomic E-state index is -0.156. The highest BCUT2D eigenvalue weighted by molar-refractivity contribution is 5.74. The predicted molar refractivity (Wildman–Crippen MR) is 68.6 cm³/mol. The molecule has 17 heavy (non-hydrogen) atoms. The standard InChI is InChI=1S/C13H25N3O/c1-13(5-6-15-9-13)10-16-7-3-2-4-11(16)8-12(14)17/h11,15H,2-10H2,1H3,(H2,14,17). The van der Waals surface area contributed by atoms with Crippen LogP contribution in [0.15, 0.2) is 0 Å². The minimum absolute atomic E-state index is 0.156. The van der Waals surface area contributed by atoms with Gasteiger partial charge < -0.3 is 11.1 Å². The normalized spacial score (nSPS) is 35.0. The van der Waals surface area contributed by atoms with Gasteiger partial charge in [-0.1, -0.05) is 13.3 Å². The summed E-state index contributed by atoms with van der Waals surface area (Å²) in [6.45, 7) is 6.83. The van der Waals surface area contributed by atoms with E-state index in [1.807, 2.05) is 0 Å². The first-order chi connectivity index (χ1) is 8.09. The topological polar surface area (TPSA) is 58.4 Å². The van der Waals surface area contributed by atoms with Crippen LogP contribution in [0.4, 0.5) is 0 Å². The van der Waals surface area contributed by atoms with Gasteiger partial charge in [0.2, 0.25) is 5.91 Å². The van der Waals surface area contributed by atoms with E-state index < -0.39 is 0 Å². The first kappa shape index (κ1) is 12.8. The second-order valence-corrected chi connectivity index (χ2v) is 6.03. The summed E-state index contributed by atoms with van der Waals surface area (Å²) < 4.78 is 0. The number of likely N-dealkylation sites (tertiary alicyclic amines) is 1. The molecule has 0 spiro atoms. The van der Waals surface area contributed by atoms with Crippen LogP contribution in [0.1, 0.15) is 39.0 Å². The Hall–Kier alpha value is -0.610. The fourth-order valence-corrected chi connectivity index (χ4v) is 3.23. The summed E-state index contributed by atoms with van der Waals surface area (Å²) in [6.07, 6.45) is 5.41. The van der Waals surface area contributed by atoms with E-state index in [0.29, 0.717) is 17.9 Å². The molecule has 4 heteroatoms. The Labute approximate surface area is 104 Å². The molecule has 2 saturated heterocycles. The zero-order chi connectivity index (χ0) is 12.3. The molecule has 0 aromatic rings. The van der Waals surface area contributed by atoms with Gasteiger partial charge in [0.25, 0.3) is 0 Å². The second-order valence-electron chi connectivity index (χ2n) is 6.03. The first-order valence-electron chi connectivity index (χ1n) is 6.82. The van der Waals surface area contributed by atoms with Crippen molar-refractivity contribution in [2.75, 3.05) is 26.2 Å². The summed E-state index contributed by atoms with van der Waals surface area (Å²) in [5, 5.41) is 3.44. The molecule has 0 aromatic carbocycles. The van der Waals surface area contributed by atoms with Gasteiger partial charge in [0, 0.05) is 25.6 Å². The van der Waals surface area contributed by atoms with Crippen LogP contribution < -0.4 is 11.1 Å². The molecule has 0 aromatic heterocycles. The van der Waals surface area contributed by atoms with Gasteiger partial charge in [0.15, 0.2) is 0 Å². The number of rotatable bonds is 4. The van der Waals surface area contributed by atoms with Crippen molar-refractivity contribution in [3.63, 3.8) is 0 Å². The van der Waals surface area contributed by atoms with Crippen LogP contribution in [0.25, 0.3) is 0 Å². The summed E-state index contributed by atoms with van der Waals surface area (Å²) in [5.41, 5.74) is 5.73. The Morgan fingerprint density at radius 1 is 1.53 bits per heavy atom. The SMILES string of the molecule is CC1(CN2CCCCC2CC(N)=O)CCNC1. The molecule has 2 rings (SSSR count). The number of carbonyl (C=O) groups excluding carboxylic acids is 1. The number of piperidine rings is 1. The molecule has 0 radical (unpaired) electrons. The zero-order valence-corrected chi connectivity index (χ0v) is 10.9. The molecule has 2 aliphatic heterocycles. The van der Waals surface area contributed by atoms with Gasteiger partial charge in [0.1, 0.15) is 0 Å². The molecule has 2 aliphatic rings. The van der Waals surface area contributed by atoms with E-state index in [2.05, 4.69) is 17.1 Å². The lowest BCUT2D eigenvalue weighted by molar-refractivity contribution is -0.119. The van der Waals surface area contributed by atoms with Crippen LogP contribution in [-0.2, 0) is 4.79 Å². The van der Waals surface area contributed by atoms with Crippen molar-refractivity contribution in [2.45, 2.75) is 45.1 Å². The minimum Gasteiger partial charge on any atom is -0.370 e. The van der Waals surface area contributed by atoms with E-state index in [1.165, 1.54) is 19.3 Å². The second kappa shape index (κ2) is 5.36. The van der Waals surface area contributed by atoms with Crippen molar-refractivity contribution in [3.8, 4) is 0 Å². The van der Waals surface area contributed by atoms with E-state index >= 15 is 0 Å². The van der Waals surface area contributed by atoms with Crippen LogP contribution in [0.3, 0.4) is 0 Å². The summed E-state index contributed by atoms with van der Waals surface area (Å²) in [4.78, 5) is 13.6. The highest BCUT2D eigenvalue weighted by Crippen LogP contribution is 2.29. The Kier molecular flexibility index (Phi) is 4.05. The van der Waals surface area contributed by atoms with Crippen molar-refractivity contribution >= 4 is 5.91 Å². The van der Waals surface area contributed by atoms with E-state index in [1.54, 1.807) is 0 Å². The van der Waals surface area contributed by atoms with Gasteiger partial charge in [-0.15, -0.1) is 0 Å². The molecule has 0 bridgehead atoms. The number of primary amides is 1. The van der Waals surface area contributed by atoms with Crippen LogP contribution >= 0.6 is 0 Å². The van der Waals surface area contributed by atoms with Crippen molar-refractivity contribution in [2.24, 2.45) is 11.1 Å². The lowest BCUT2D eigenvalue weighted by Gasteiger charge is -2.40. The lowest BCUT2D eigenvalue weighted by atomic mass is 9.87. The van der Waals surface area contributed by atoms with Gasteiger partial charge in [0.05, 0.1) is 0 Å². The smallest absolute Gasteiger partial charge is 0.218 e. The predicted octanol–water partition coefficient (Wildman–Crippen LogP) is 0.716. The molecular formula is C13H25N3O. The van der Waals surface area contributed by atoms with Crippen molar-refractivity contribution < 1.29 is 4.79 Å².